The molecule has 0 aliphatic carbocycles. The number of sulfonamides is 1. The molecule has 1 aromatic rings. The molecule has 2 N–H and O–H groups in total. The van der Waals surface area contributed by atoms with Gasteiger partial charge in [-0.15, -0.1) is 0 Å². The van der Waals surface area contributed by atoms with E-state index in [2.05, 4.69) is 10.0 Å². The van der Waals surface area contributed by atoms with Gasteiger partial charge < -0.3 is 5.32 Å². The first-order valence-corrected chi connectivity index (χ1v) is 10.6. The van der Waals surface area contributed by atoms with Crippen molar-refractivity contribution in [3.8, 4) is 0 Å². The number of hydrogen-bond acceptors (Lipinski definition) is 5. The molecule has 1 saturated heterocycles. The van der Waals surface area contributed by atoms with Crippen LogP contribution in [0, 0.1) is 5.82 Å². The van der Waals surface area contributed by atoms with Crippen LogP contribution in [-0.2, 0) is 24.7 Å². The van der Waals surface area contributed by atoms with E-state index in [-0.39, 0.29) is 24.5 Å². The molecule has 1 aliphatic rings. The van der Waals surface area contributed by atoms with Crippen LogP contribution in [0.4, 0.5) is 4.39 Å². The van der Waals surface area contributed by atoms with Gasteiger partial charge in [0.15, 0.2) is 9.84 Å². The lowest BCUT2D eigenvalue weighted by Crippen LogP contribution is -2.47. The third-order valence-electron chi connectivity index (χ3n) is 3.71. The Labute approximate surface area is 140 Å². The number of hydrogen-bond donors (Lipinski definition) is 2. The monoisotopic (exact) mass is 378 g/mol. The van der Waals surface area contributed by atoms with Crippen molar-refractivity contribution in [3.05, 3.63) is 30.1 Å². The van der Waals surface area contributed by atoms with Crippen LogP contribution in [0.1, 0.15) is 19.8 Å². The van der Waals surface area contributed by atoms with Crippen molar-refractivity contribution in [3.63, 3.8) is 0 Å². The summed E-state index contributed by atoms with van der Waals surface area (Å²) in [4.78, 5) is 11.4. The highest BCUT2D eigenvalue weighted by Gasteiger charge is 2.39. The maximum Gasteiger partial charge on any atom is 0.243 e. The van der Waals surface area contributed by atoms with Gasteiger partial charge in [0.2, 0.25) is 15.9 Å². The molecular weight excluding hydrogens is 359 g/mol. The Morgan fingerprint density at radius 3 is 2.58 bits per heavy atom. The highest BCUT2D eigenvalue weighted by Crippen LogP contribution is 2.22. The van der Waals surface area contributed by atoms with Crippen molar-refractivity contribution < 1.29 is 26.0 Å². The second-order valence-corrected chi connectivity index (χ2v) is 9.95. The van der Waals surface area contributed by atoms with Crippen LogP contribution in [0.3, 0.4) is 0 Å². The van der Waals surface area contributed by atoms with Crippen molar-refractivity contribution in [1.29, 1.82) is 0 Å². The van der Waals surface area contributed by atoms with Crippen molar-refractivity contribution in [2.24, 2.45) is 0 Å². The van der Waals surface area contributed by atoms with Gasteiger partial charge in [-0.25, -0.2) is 25.9 Å². The molecule has 0 saturated carbocycles. The zero-order valence-electron chi connectivity index (χ0n) is 13.1. The molecule has 0 spiro atoms. The van der Waals surface area contributed by atoms with E-state index in [0.717, 1.165) is 12.1 Å². The third-order valence-corrected chi connectivity index (χ3v) is 7.11. The van der Waals surface area contributed by atoms with E-state index < -0.39 is 42.0 Å². The van der Waals surface area contributed by atoms with E-state index in [9.17, 15) is 26.0 Å². The maximum absolute atomic E-state index is 13.5. The first-order chi connectivity index (χ1) is 11.0. The molecular formula is C14H19FN2O5S2. The van der Waals surface area contributed by atoms with E-state index in [1.165, 1.54) is 12.1 Å². The van der Waals surface area contributed by atoms with Crippen molar-refractivity contribution in [1.82, 2.24) is 10.0 Å². The molecule has 1 amide bonds. The van der Waals surface area contributed by atoms with Gasteiger partial charge in [0.1, 0.15) is 10.7 Å². The van der Waals surface area contributed by atoms with Gasteiger partial charge in [-0.1, -0.05) is 12.1 Å². The van der Waals surface area contributed by atoms with Crippen LogP contribution in [0.25, 0.3) is 0 Å². The Morgan fingerprint density at radius 1 is 1.33 bits per heavy atom. The van der Waals surface area contributed by atoms with Crippen LogP contribution >= 0.6 is 0 Å². The summed E-state index contributed by atoms with van der Waals surface area (Å²) < 4.78 is 62.6. The van der Waals surface area contributed by atoms with Crippen molar-refractivity contribution >= 4 is 25.8 Å². The van der Waals surface area contributed by atoms with Crippen molar-refractivity contribution in [2.75, 3.05) is 18.1 Å². The Kier molecular flexibility index (Phi) is 5.31. The smallest absolute Gasteiger partial charge is 0.243 e. The number of nitrogens with one attached hydrogen (secondary N) is 2. The summed E-state index contributed by atoms with van der Waals surface area (Å²) in [5, 5.41) is 2.62. The summed E-state index contributed by atoms with van der Waals surface area (Å²) in [5.41, 5.74) is -0.833. The molecule has 0 bridgehead atoms. The van der Waals surface area contributed by atoms with E-state index >= 15 is 0 Å². The summed E-state index contributed by atoms with van der Waals surface area (Å²) in [6.07, 6.45) is 0.144. The predicted molar refractivity (Wildman–Crippen MR) is 86.0 cm³/mol. The summed E-state index contributed by atoms with van der Waals surface area (Å²) in [6, 6.07) is 4.93. The van der Waals surface area contributed by atoms with Crippen molar-refractivity contribution in [2.45, 2.75) is 30.2 Å². The SMILES string of the molecule is C[C@@]1(NC(=O)CCNS(=O)(=O)c2ccccc2F)CCS(=O)(=O)C1. The summed E-state index contributed by atoms with van der Waals surface area (Å²) in [6.45, 7) is 1.42. The lowest BCUT2D eigenvalue weighted by molar-refractivity contribution is -0.122. The second kappa shape index (κ2) is 6.77. The Hall–Kier alpha value is -1.52. The molecule has 1 fully saturated rings. The fourth-order valence-corrected chi connectivity index (χ4v) is 5.75. The molecule has 0 radical (unpaired) electrons. The lowest BCUT2D eigenvalue weighted by Gasteiger charge is -2.23. The van der Waals surface area contributed by atoms with Crippen LogP contribution < -0.4 is 10.0 Å². The summed E-state index contributed by atoms with van der Waals surface area (Å²) in [7, 11) is -7.20. The normalized spacial score (nSPS) is 23.1. The maximum atomic E-state index is 13.5. The van der Waals surface area contributed by atoms with Crippen LogP contribution in [0.2, 0.25) is 0 Å². The van der Waals surface area contributed by atoms with Gasteiger partial charge in [-0.3, -0.25) is 4.79 Å². The topological polar surface area (TPSA) is 109 Å². The minimum Gasteiger partial charge on any atom is -0.350 e. The highest BCUT2D eigenvalue weighted by atomic mass is 32.2. The van der Waals surface area contributed by atoms with Gasteiger partial charge in [0, 0.05) is 13.0 Å². The van der Waals surface area contributed by atoms with E-state index in [4.69, 9.17) is 0 Å². The number of carbonyl (C=O) groups excluding carboxylic acids is 1. The number of sulfone groups is 1. The molecule has 134 valence electrons. The lowest BCUT2D eigenvalue weighted by atomic mass is 10.0. The molecule has 0 aromatic heterocycles. The number of carbonyl (C=O) groups is 1. The second-order valence-electron chi connectivity index (χ2n) is 6.03. The van der Waals surface area contributed by atoms with Crippen LogP contribution in [-0.4, -0.2) is 46.3 Å². The minimum atomic E-state index is -4.05. The molecule has 7 nitrogen and oxygen atoms in total. The minimum absolute atomic E-state index is 0.0176. The molecule has 1 heterocycles. The summed E-state index contributed by atoms with van der Waals surface area (Å²) in [5.74, 6) is -1.46. The quantitative estimate of drug-likeness (QED) is 0.734. The Bertz CT molecular complexity index is 838. The van der Waals surface area contributed by atoms with E-state index in [1.54, 1.807) is 6.92 Å². The van der Waals surface area contributed by atoms with Gasteiger partial charge >= 0.3 is 0 Å². The standard InChI is InChI=1S/C14H19FN2O5S2/c1-14(7-9-23(19,20)10-14)17-13(18)6-8-16-24(21,22)12-5-3-2-4-11(12)15/h2-5,16H,6-10H2,1H3,(H,17,18)/t14-/m1/s1. The zero-order valence-corrected chi connectivity index (χ0v) is 14.7. The summed E-state index contributed by atoms with van der Waals surface area (Å²) >= 11 is 0. The number of halogens is 1. The number of rotatable bonds is 6. The van der Waals surface area contributed by atoms with Crippen LogP contribution in [0.15, 0.2) is 29.2 Å². The Morgan fingerprint density at radius 2 is 2.00 bits per heavy atom. The molecule has 0 unspecified atom stereocenters. The largest absolute Gasteiger partial charge is 0.350 e. The van der Waals surface area contributed by atoms with Crippen LogP contribution in [0.5, 0.6) is 0 Å². The average Bonchev–Trinajstić information content (AvgIpc) is 2.72. The van der Waals surface area contributed by atoms with E-state index in [0.29, 0.717) is 6.42 Å². The molecule has 1 aromatic carbocycles. The van der Waals surface area contributed by atoms with Gasteiger partial charge in [0.05, 0.1) is 17.0 Å². The Balaban J connectivity index is 1.88. The van der Waals surface area contributed by atoms with Gasteiger partial charge in [-0.05, 0) is 25.5 Å². The molecule has 1 atom stereocenters. The highest BCUT2D eigenvalue weighted by molar-refractivity contribution is 7.91. The third kappa shape index (κ3) is 4.74. The zero-order chi connectivity index (χ0) is 18.0. The van der Waals surface area contributed by atoms with Gasteiger partial charge in [0.25, 0.3) is 0 Å². The fourth-order valence-electron chi connectivity index (χ4n) is 2.55. The average molecular weight is 378 g/mol. The molecule has 24 heavy (non-hydrogen) atoms. The predicted octanol–water partition coefficient (Wildman–Crippen LogP) is 0.188. The number of benzene rings is 1. The molecule has 2 rings (SSSR count). The molecule has 10 heteroatoms. The van der Waals surface area contributed by atoms with E-state index in [1.807, 2.05) is 0 Å². The first-order valence-electron chi connectivity index (χ1n) is 7.29. The van der Waals surface area contributed by atoms with Gasteiger partial charge in [-0.2, -0.15) is 0 Å². The number of amides is 1. The molecule has 1 aliphatic heterocycles. The first kappa shape index (κ1) is 18.8. The fraction of sp³-hybridized carbons (Fsp3) is 0.500.